The van der Waals surface area contributed by atoms with Crippen LogP contribution >= 0.6 is 0 Å². The second-order valence-electron chi connectivity index (χ2n) is 4.46. The maximum atomic E-state index is 8.87. The van der Waals surface area contributed by atoms with Crippen molar-refractivity contribution in [2.45, 2.75) is 32.8 Å². The summed E-state index contributed by atoms with van der Waals surface area (Å²) in [4.78, 5) is 0. The second-order valence-corrected chi connectivity index (χ2v) is 4.46. The van der Waals surface area contributed by atoms with E-state index < -0.39 is 0 Å². The van der Waals surface area contributed by atoms with Crippen LogP contribution in [0.4, 0.5) is 0 Å². The van der Waals surface area contributed by atoms with Gasteiger partial charge in [-0.1, -0.05) is 18.2 Å². The summed E-state index contributed by atoms with van der Waals surface area (Å²) in [5.74, 6) is 0.825. The third kappa shape index (κ3) is 3.54. The molecule has 0 radical (unpaired) electrons. The van der Waals surface area contributed by atoms with Gasteiger partial charge in [-0.3, -0.25) is 0 Å². The molecule has 0 fully saturated rings. The summed E-state index contributed by atoms with van der Waals surface area (Å²) in [6.07, 6.45) is 3.49. The molecule has 0 saturated heterocycles. The van der Waals surface area contributed by atoms with Gasteiger partial charge < -0.3 is 9.84 Å². The molecular weight excluding hydrogens is 242 g/mol. The first-order valence-electron chi connectivity index (χ1n) is 6.52. The zero-order chi connectivity index (χ0) is 13.7. The topological polar surface area (TPSA) is 60.2 Å². The van der Waals surface area contributed by atoms with Crippen molar-refractivity contribution in [3.63, 3.8) is 0 Å². The molecule has 0 aliphatic heterocycles. The molecule has 5 nitrogen and oxygen atoms in total. The van der Waals surface area contributed by atoms with E-state index in [1.165, 1.54) is 0 Å². The van der Waals surface area contributed by atoms with Crippen molar-refractivity contribution in [1.82, 2.24) is 15.0 Å². The Morgan fingerprint density at radius 3 is 3.00 bits per heavy atom. The molecule has 5 heteroatoms. The van der Waals surface area contributed by atoms with Crippen molar-refractivity contribution in [1.29, 1.82) is 0 Å². The molecule has 1 heterocycles. The zero-order valence-electron chi connectivity index (χ0n) is 11.3. The summed E-state index contributed by atoms with van der Waals surface area (Å²) in [5.41, 5.74) is 1.67. The quantitative estimate of drug-likeness (QED) is 0.863. The number of aromatic nitrogens is 3. The van der Waals surface area contributed by atoms with Gasteiger partial charge in [-0.05, 0) is 25.5 Å². The number of rotatable bonds is 6. The Hall–Kier alpha value is -1.88. The van der Waals surface area contributed by atoms with Gasteiger partial charge in [-0.25, -0.2) is 4.68 Å². The third-order valence-corrected chi connectivity index (χ3v) is 2.90. The predicted octanol–water partition coefficient (Wildman–Crippen LogP) is 1.98. The zero-order valence-corrected chi connectivity index (χ0v) is 11.3. The first kappa shape index (κ1) is 13.5. The molecule has 0 bridgehead atoms. The summed E-state index contributed by atoms with van der Waals surface area (Å²) >= 11 is 0. The summed E-state index contributed by atoms with van der Waals surface area (Å²) in [7, 11) is 0. The monoisotopic (exact) mass is 261 g/mol. The molecule has 0 spiro atoms. The van der Waals surface area contributed by atoms with Gasteiger partial charge in [0.2, 0.25) is 0 Å². The van der Waals surface area contributed by atoms with Gasteiger partial charge in [-0.15, -0.1) is 5.10 Å². The molecule has 0 aliphatic carbocycles. The Morgan fingerprint density at radius 2 is 2.26 bits per heavy atom. The minimum Gasteiger partial charge on any atom is -0.491 e. The number of aliphatic hydroxyl groups is 1. The van der Waals surface area contributed by atoms with E-state index in [0.29, 0.717) is 6.42 Å². The van der Waals surface area contributed by atoms with Gasteiger partial charge in [0, 0.05) is 19.1 Å². The van der Waals surface area contributed by atoms with E-state index in [2.05, 4.69) is 17.2 Å². The van der Waals surface area contributed by atoms with Crippen LogP contribution in [0, 0.1) is 0 Å². The van der Waals surface area contributed by atoms with Gasteiger partial charge in [0.15, 0.2) is 0 Å². The summed E-state index contributed by atoms with van der Waals surface area (Å²) < 4.78 is 7.47. The van der Waals surface area contributed by atoms with E-state index in [4.69, 9.17) is 9.84 Å². The van der Waals surface area contributed by atoms with Crippen molar-refractivity contribution in [3.05, 3.63) is 36.2 Å². The van der Waals surface area contributed by atoms with E-state index >= 15 is 0 Å². The summed E-state index contributed by atoms with van der Waals surface area (Å²) in [6, 6.07) is 7.74. The highest BCUT2D eigenvalue weighted by Gasteiger charge is 2.05. The van der Waals surface area contributed by atoms with E-state index in [1.807, 2.05) is 37.4 Å². The maximum absolute atomic E-state index is 8.87. The fourth-order valence-corrected chi connectivity index (χ4v) is 1.67. The number of hydrogen-bond donors (Lipinski definition) is 1. The largest absolute Gasteiger partial charge is 0.491 e. The molecule has 0 aliphatic rings. The van der Waals surface area contributed by atoms with E-state index in [0.717, 1.165) is 23.6 Å². The molecule has 1 aromatic carbocycles. The van der Waals surface area contributed by atoms with Crippen molar-refractivity contribution in [3.8, 4) is 11.4 Å². The summed E-state index contributed by atoms with van der Waals surface area (Å²) in [5, 5.41) is 16.9. The standard InChI is InChI=1S/C14H19N3O2/c1-3-11(2)19-14-6-4-5-13(9-14)17-10-12(7-8-18)15-16-17/h4-6,9-11,18H,3,7-8H2,1-2H3. The molecule has 2 aromatic rings. The lowest BCUT2D eigenvalue weighted by atomic mass is 10.2. The smallest absolute Gasteiger partial charge is 0.121 e. The molecule has 2 rings (SSSR count). The van der Waals surface area contributed by atoms with Crippen molar-refractivity contribution in [2.75, 3.05) is 6.61 Å². The van der Waals surface area contributed by atoms with Crippen molar-refractivity contribution < 1.29 is 9.84 Å². The van der Waals surface area contributed by atoms with Crippen LogP contribution in [-0.4, -0.2) is 32.8 Å². The van der Waals surface area contributed by atoms with Crippen molar-refractivity contribution in [2.24, 2.45) is 0 Å². The highest BCUT2D eigenvalue weighted by Crippen LogP contribution is 2.18. The Labute approximate surface area is 112 Å². The molecule has 1 N–H and O–H groups in total. The van der Waals surface area contributed by atoms with Crippen LogP contribution in [0.3, 0.4) is 0 Å². The first-order chi connectivity index (χ1) is 9.22. The van der Waals surface area contributed by atoms with Crippen LogP contribution in [0.1, 0.15) is 26.0 Å². The Kier molecular flexibility index (Phi) is 4.52. The molecule has 1 unspecified atom stereocenters. The maximum Gasteiger partial charge on any atom is 0.121 e. The lowest BCUT2D eigenvalue weighted by Gasteiger charge is -2.13. The van der Waals surface area contributed by atoms with Crippen LogP contribution in [0.2, 0.25) is 0 Å². The average Bonchev–Trinajstić information content (AvgIpc) is 2.88. The fraction of sp³-hybridized carbons (Fsp3) is 0.429. The van der Waals surface area contributed by atoms with Gasteiger partial charge in [0.1, 0.15) is 5.75 Å². The molecular formula is C14H19N3O2. The Morgan fingerprint density at radius 1 is 1.42 bits per heavy atom. The minimum atomic E-state index is 0.0792. The summed E-state index contributed by atoms with van der Waals surface area (Å²) in [6.45, 7) is 4.21. The minimum absolute atomic E-state index is 0.0792. The SMILES string of the molecule is CCC(C)Oc1cccc(-n2cc(CCO)nn2)c1. The highest BCUT2D eigenvalue weighted by atomic mass is 16.5. The van der Waals surface area contributed by atoms with Crippen LogP contribution < -0.4 is 4.74 Å². The predicted molar refractivity (Wildman–Crippen MR) is 72.5 cm³/mol. The molecule has 1 atom stereocenters. The van der Waals surface area contributed by atoms with Crippen LogP contribution in [-0.2, 0) is 6.42 Å². The Balaban J connectivity index is 2.17. The molecule has 19 heavy (non-hydrogen) atoms. The third-order valence-electron chi connectivity index (χ3n) is 2.90. The molecule has 0 saturated carbocycles. The first-order valence-corrected chi connectivity index (χ1v) is 6.52. The van der Waals surface area contributed by atoms with Gasteiger partial charge in [-0.2, -0.15) is 0 Å². The highest BCUT2D eigenvalue weighted by molar-refractivity contribution is 5.38. The number of nitrogens with zero attached hydrogens (tertiary/aromatic N) is 3. The molecule has 0 amide bonds. The number of hydrogen-bond acceptors (Lipinski definition) is 4. The number of ether oxygens (including phenoxy) is 1. The van der Waals surface area contributed by atoms with Crippen molar-refractivity contribution >= 4 is 0 Å². The molecule has 102 valence electrons. The number of aliphatic hydroxyl groups excluding tert-OH is 1. The van der Waals surface area contributed by atoms with Crippen LogP contribution in [0.5, 0.6) is 5.75 Å². The lowest BCUT2D eigenvalue weighted by molar-refractivity contribution is 0.217. The van der Waals surface area contributed by atoms with Gasteiger partial charge in [0.05, 0.1) is 23.7 Å². The van der Waals surface area contributed by atoms with Gasteiger partial charge in [0.25, 0.3) is 0 Å². The van der Waals surface area contributed by atoms with Gasteiger partial charge >= 0.3 is 0 Å². The normalized spacial score (nSPS) is 12.4. The van der Waals surface area contributed by atoms with Crippen LogP contribution in [0.25, 0.3) is 5.69 Å². The van der Waals surface area contributed by atoms with E-state index in [-0.39, 0.29) is 12.7 Å². The lowest BCUT2D eigenvalue weighted by Crippen LogP contribution is -2.09. The van der Waals surface area contributed by atoms with Crippen LogP contribution in [0.15, 0.2) is 30.5 Å². The molecule has 1 aromatic heterocycles. The van der Waals surface area contributed by atoms with E-state index in [1.54, 1.807) is 4.68 Å². The average molecular weight is 261 g/mol. The number of benzene rings is 1. The van der Waals surface area contributed by atoms with E-state index in [9.17, 15) is 0 Å². The fourth-order valence-electron chi connectivity index (χ4n) is 1.67. The second kappa shape index (κ2) is 6.33. The Bertz CT molecular complexity index is 525.